The number of fused-ring (bicyclic) bond motifs is 1. The van der Waals surface area contributed by atoms with Crippen LogP contribution in [0.2, 0.25) is 0 Å². The smallest absolute Gasteiger partial charge is 0.0111 e. The number of hydrogen-bond acceptors (Lipinski definition) is 2. The van der Waals surface area contributed by atoms with Gasteiger partial charge >= 0.3 is 0 Å². The van der Waals surface area contributed by atoms with E-state index in [0.717, 1.165) is 30.0 Å². The van der Waals surface area contributed by atoms with E-state index in [1.165, 1.54) is 51.6 Å². The number of nitrogens with zero attached hydrogens (tertiary/aromatic N) is 1. The van der Waals surface area contributed by atoms with Gasteiger partial charge in [-0.2, -0.15) is 0 Å². The fourth-order valence-corrected chi connectivity index (χ4v) is 4.05. The van der Waals surface area contributed by atoms with Crippen molar-refractivity contribution in [3.8, 4) is 0 Å². The molecule has 3 fully saturated rings. The molecule has 98 valence electrons. The maximum Gasteiger partial charge on any atom is 0.0111 e. The molecule has 2 heteroatoms. The molecule has 1 N–H and O–H groups in total. The van der Waals surface area contributed by atoms with Gasteiger partial charge in [0.05, 0.1) is 0 Å². The van der Waals surface area contributed by atoms with Crippen molar-refractivity contribution in [1.29, 1.82) is 0 Å². The zero-order valence-corrected chi connectivity index (χ0v) is 11.5. The number of nitrogens with one attached hydrogen (secondary N) is 1. The lowest BCUT2D eigenvalue weighted by molar-refractivity contribution is 0.117. The molecule has 3 rings (SSSR count). The molecule has 3 aliphatic rings. The van der Waals surface area contributed by atoms with Crippen LogP contribution in [-0.2, 0) is 0 Å². The molecule has 0 aromatic rings. The van der Waals surface area contributed by atoms with Gasteiger partial charge in [0.2, 0.25) is 0 Å². The summed E-state index contributed by atoms with van der Waals surface area (Å²) in [4.78, 5) is 2.72. The van der Waals surface area contributed by atoms with Crippen LogP contribution in [-0.4, -0.2) is 36.1 Å². The molecule has 2 atom stereocenters. The Morgan fingerprint density at radius 2 is 1.82 bits per heavy atom. The Kier molecular flexibility index (Phi) is 3.45. The van der Waals surface area contributed by atoms with Crippen molar-refractivity contribution in [3.05, 3.63) is 0 Å². The molecule has 2 unspecified atom stereocenters. The molecule has 2 aliphatic heterocycles. The van der Waals surface area contributed by atoms with E-state index >= 15 is 0 Å². The van der Waals surface area contributed by atoms with Gasteiger partial charge in [-0.15, -0.1) is 0 Å². The lowest BCUT2D eigenvalue weighted by Gasteiger charge is -2.43. The fourth-order valence-electron chi connectivity index (χ4n) is 4.05. The van der Waals surface area contributed by atoms with Crippen molar-refractivity contribution in [2.75, 3.05) is 13.1 Å². The first-order valence-corrected chi connectivity index (χ1v) is 7.72. The van der Waals surface area contributed by atoms with Gasteiger partial charge in [-0.25, -0.2) is 0 Å². The van der Waals surface area contributed by atoms with Crippen molar-refractivity contribution in [3.63, 3.8) is 0 Å². The molecule has 0 amide bonds. The van der Waals surface area contributed by atoms with Crippen LogP contribution in [0.25, 0.3) is 0 Å². The quantitative estimate of drug-likeness (QED) is 0.810. The molecule has 0 spiro atoms. The monoisotopic (exact) mass is 236 g/mol. The Hall–Kier alpha value is -0.0800. The zero-order chi connectivity index (χ0) is 11.8. The summed E-state index contributed by atoms with van der Waals surface area (Å²) < 4.78 is 0. The van der Waals surface area contributed by atoms with Gasteiger partial charge in [0, 0.05) is 18.1 Å². The van der Waals surface area contributed by atoms with Gasteiger partial charge in [0.15, 0.2) is 0 Å². The van der Waals surface area contributed by atoms with Crippen LogP contribution in [0.15, 0.2) is 0 Å². The van der Waals surface area contributed by atoms with Crippen LogP contribution < -0.4 is 5.32 Å². The Morgan fingerprint density at radius 3 is 2.59 bits per heavy atom. The molecule has 0 bridgehead atoms. The number of piperidine rings is 1. The third-order valence-electron chi connectivity index (χ3n) is 5.41. The minimum absolute atomic E-state index is 0.826. The lowest BCUT2D eigenvalue weighted by Crippen LogP contribution is -2.52. The number of hydrogen-bond donors (Lipinski definition) is 1. The maximum absolute atomic E-state index is 3.93. The van der Waals surface area contributed by atoms with Crippen LogP contribution in [0.5, 0.6) is 0 Å². The molecule has 2 saturated heterocycles. The van der Waals surface area contributed by atoms with Crippen LogP contribution in [0, 0.1) is 11.8 Å². The first-order valence-electron chi connectivity index (χ1n) is 7.72. The molecule has 1 aliphatic carbocycles. The average Bonchev–Trinajstić information content (AvgIpc) is 2.69. The topological polar surface area (TPSA) is 15.3 Å². The fraction of sp³-hybridized carbons (Fsp3) is 1.00. The highest BCUT2D eigenvalue weighted by Crippen LogP contribution is 2.35. The van der Waals surface area contributed by atoms with Crippen molar-refractivity contribution in [1.82, 2.24) is 10.2 Å². The molecule has 1 saturated carbocycles. The summed E-state index contributed by atoms with van der Waals surface area (Å²) in [5.41, 5.74) is 0. The summed E-state index contributed by atoms with van der Waals surface area (Å²) in [6.45, 7) is 7.47. The second kappa shape index (κ2) is 4.89. The number of rotatable bonds is 3. The van der Waals surface area contributed by atoms with Gasteiger partial charge in [-0.05, 0) is 63.5 Å². The Labute approximate surface area is 106 Å². The molecule has 0 aromatic carbocycles. The van der Waals surface area contributed by atoms with Crippen LogP contribution in [0.3, 0.4) is 0 Å². The predicted octanol–water partition coefficient (Wildman–Crippen LogP) is 2.64. The normalized spacial score (nSPS) is 42.5. The van der Waals surface area contributed by atoms with E-state index in [4.69, 9.17) is 0 Å². The predicted molar refractivity (Wildman–Crippen MR) is 72.1 cm³/mol. The van der Waals surface area contributed by atoms with Gasteiger partial charge in [-0.3, -0.25) is 0 Å². The largest absolute Gasteiger partial charge is 0.311 e. The van der Waals surface area contributed by atoms with Crippen LogP contribution in [0.1, 0.15) is 52.4 Å². The summed E-state index contributed by atoms with van der Waals surface area (Å²) in [6.07, 6.45) is 8.57. The molecule has 2 heterocycles. The van der Waals surface area contributed by atoms with Crippen LogP contribution in [0.4, 0.5) is 0 Å². The van der Waals surface area contributed by atoms with Crippen molar-refractivity contribution >= 4 is 0 Å². The second-order valence-corrected chi connectivity index (χ2v) is 6.89. The van der Waals surface area contributed by atoms with Crippen molar-refractivity contribution in [2.45, 2.75) is 70.5 Å². The SMILES string of the molecule is CC(C)C1CC(NC2CCN3CCCC3C2)C1. The highest BCUT2D eigenvalue weighted by atomic mass is 15.2. The minimum Gasteiger partial charge on any atom is -0.311 e. The summed E-state index contributed by atoms with van der Waals surface area (Å²) in [5, 5.41) is 3.93. The van der Waals surface area contributed by atoms with E-state index in [0.29, 0.717) is 0 Å². The zero-order valence-electron chi connectivity index (χ0n) is 11.5. The maximum atomic E-state index is 3.93. The van der Waals surface area contributed by atoms with Crippen molar-refractivity contribution in [2.24, 2.45) is 11.8 Å². The highest BCUT2D eigenvalue weighted by molar-refractivity contribution is 4.93. The summed E-state index contributed by atoms with van der Waals surface area (Å²) >= 11 is 0. The first kappa shape index (κ1) is 12.0. The first-order chi connectivity index (χ1) is 8.22. The second-order valence-electron chi connectivity index (χ2n) is 6.89. The summed E-state index contributed by atoms with van der Waals surface area (Å²) in [7, 11) is 0. The minimum atomic E-state index is 0.826. The van der Waals surface area contributed by atoms with Gasteiger partial charge in [-0.1, -0.05) is 13.8 Å². The Bertz CT molecular complexity index is 258. The Morgan fingerprint density at radius 1 is 1.00 bits per heavy atom. The molecular weight excluding hydrogens is 208 g/mol. The summed E-state index contributed by atoms with van der Waals surface area (Å²) in [6, 6.07) is 2.59. The molecule has 0 radical (unpaired) electrons. The molecule has 2 nitrogen and oxygen atoms in total. The van der Waals surface area contributed by atoms with Crippen LogP contribution >= 0.6 is 0 Å². The Balaban J connectivity index is 1.42. The van der Waals surface area contributed by atoms with Gasteiger partial charge in [0.1, 0.15) is 0 Å². The van der Waals surface area contributed by atoms with Gasteiger partial charge < -0.3 is 10.2 Å². The highest BCUT2D eigenvalue weighted by Gasteiger charge is 2.36. The lowest BCUT2D eigenvalue weighted by atomic mass is 9.73. The average molecular weight is 236 g/mol. The van der Waals surface area contributed by atoms with Gasteiger partial charge in [0.25, 0.3) is 0 Å². The van der Waals surface area contributed by atoms with E-state index in [1.54, 1.807) is 0 Å². The van der Waals surface area contributed by atoms with E-state index in [2.05, 4.69) is 24.1 Å². The third kappa shape index (κ3) is 2.53. The third-order valence-corrected chi connectivity index (χ3v) is 5.41. The van der Waals surface area contributed by atoms with E-state index in [9.17, 15) is 0 Å². The van der Waals surface area contributed by atoms with E-state index < -0.39 is 0 Å². The molecular formula is C15H28N2. The summed E-state index contributed by atoms with van der Waals surface area (Å²) in [5.74, 6) is 1.89. The van der Waals surface area contributed by atoms with E-state index in [1.807, 2.05) is 0 Å². The standard InChI is InChI=1S/C15H28N2/c1-11(2)12-8-14(9-12)16-13-5-7-17-6-3-4-15(17)10-13/h11-16H,3-10H2,1-2H3. The van der Waals surface area contributed by atoms with Crippen molar-refractivity contribution < 1.29 is 0 Å². The molecule has 0 aromatic heterocycles. The molecule has 17 heavy (non-hydrogen) atoms. The van der Waals surface area contributed by atoms with E-state index in [-0.39, 0.29) is 0 Å².